The van der Waals surface area contributed by atoms with Gasteiger partial charge in [-0.1, -0.05) is 12.8 Å². The Balaban J connectivity index is 1.56. The summed E-state index contributed by atoms with van der Waals surface area (Å²) in [7, 11) is 0. The van der Waals surface area contributed by atoms with Crippen LogP contribution >= 0.6 is 0 Å². The van der Waals surface area contributed by atoms with Gasteiger partial charge in [-0.15, -0.1) is 0 Å². The summed E-state index contributed by atoms with van der Waals surface area (Å²) in [5.74, 6) is 0. The van der Waals surface area contributed by atoms with Crippen molar-refractivity contribution in [3.05, 3.63) is 35.0 Å². The summed E-state index contributed by atoms with van der Waals surface area (Å²) in [5.41, 5.74) is 0.687. The molecule has 5 nitrogen and oxygen atoms in total. The molecule has 2 aromatic heterocycles. The molecule has 5 heteroatoms. The van der Waals surface area contributed by atoms with E-state index in [1.54, 1.807) is 21.3 Å². The number of hydrogen-bond donors (Lipinski definition) is 1. The molecule has 0 unspecified atom stereocenters. The van der Waals surface area contributed by atoms with Gasteiger partial charge in [0.1, 0.15) is 5.52 Å². The van der Waals surface area contributed by atoms with Crippen LogP contribution in [0.25, 0.3) is 5.52 Å². The molecule has 102 valence electrons. The summed E-state index contributed by atoms with van der Waals surface area (Å²) in [6, 6.07) is 2.46. The first-order valence-electron chi connectivity index (χ1n) is 7.11. The van der Waals surface area contributed by atoms with E-state index in [2.05, 4.69) is 10.4 Å². The maximum absolute atomic E-state index is 12.1. The first-order valence-corrected chi connectivity index (χ1v) is 7.11. The van der Waals surface area contributed by atoms with Crippen LogP contribution in [0.4, 0.5) is 0 Å². The van der Waals surface area contributed by atoms with E-state index in [1.165, 1.54) is 25.7 Å². The van der Waals surface area contributed by atoms with Gasteiger partial charge in [-0.05, 0) is 31.9 Å². The van der Waals surface area contributed by atoms with Crippen LogP contribution < -0.4 is 10.9 Å². The van der Waals surface area contributed by atoms with Crippen molar-refractivity contribution in [2.75, 3.05) is 6.54 Å². The lowest BCUT2D eigenvalue weighted by molar-refractivity contribution is 0.492. The average Bonchev–Trinajstić information content (AvgIpc) is 3.08. The number of hydrogen-bond acceptors (Lipinski definition) is 3. The van der Waals surface area contributed by atoms with Crippen molar-refractivity contribution in [2.24, 2.45) is 0 Å². The molecule has 2 heterocycles. The highest BCUT2D eigenvalue weighted by Gasteiger charge is 2.13. The minimum Gasteiger partial charge on any atom is -0.314 e. The van der Waals surface area contributed by atoms with Crippen LogP contribution in [0.5, 0.6) is 0 Å². The smallest absolute Gasteiger partial charge is 0.276 e. The zero-order valence-electron chi connectivity index (χ0n) is 11.1. The zero-order valence-corrected chi connectivity index (χ0v) is 11.1. The Bertz CT molecular complexity index is 595. The summed E-state index contributed by atoms with van der Waals surface area (Å²) < 4.78 is 3.39. The fraction of sp³-hybridized carbons (Fsp3) is 0.571. The summed E-state index contributed by atoms with van der Waals surface area (Å²) >= 11 is 0. The van der Waals surface area contributed by atoms with Crippen LogP contribution in [0.15, 0.2) is 29.5 Å². The number of aromatic nitrogens is 3. The fourth-order valence-corrected chi connectivity index (χ4v) is 2.82. The molecule has 1 aliphatic carbocycles. The van der Waals surface area contributed by atoms with Gasteiger partial charge in [-0.2, -0.15) is 5.10 Å². The largest absolute Gasteiger partial charge is 0.314 e. The van der Waals surface area contributed by atoms with E-state index in [4.69, 9.17) is 0 Å². The van der Waals surface area contributed by atoms with Crippen molar-refractivity contribution in [1.82, 2.24) is 19.5 Å². The molecule has 0 spiro atoms. The second-order valence-electron chi connectivity index (χ2n) is 5.25. The van der Waals surface area contributed by atoms with Crippen molar-refractivity contribution in [3.63, 3.8) is 0 Å². The monoisotopic (exact) mass is 260 g/mol. The molecule has 0 amide bonds. The average molecular weight is 260 g/mol. The minimum absolute atomic E-state index is 0.0425. The molecule has 2 aromatic rings. The van der Waals surface area contributed by atoms with Gasteiger partial charge in [0, 0.05) is 25.0 Å². The number of fused-ring (bicyclic) bond motifs is 1. The molecule has 0 aromatic carbocycles. The van der Waals surface area contributed by atoms with Crippen molar-refractivity contribution in [2.45, 2.75) is 44.7 Å². The predicted molar refractivity (Wildman–Crippen MR) is 74.3 cm³/mol. The maximum Gasteiger partial charge on any atom is 0.276 e. The van der Waals surface area contributed by atoms with E-state index in [1.807, 2.05) is 12.4 Å². The van der Waals surface area contributed by atoms with E-state index in [0.717, 1.165) is 19.5 Å². The lowest BCUT2D eigenvalue weighted by Gasteiger charge is -2.12. The number of nitrogens with one attached hydrogen (secondary N) is 1. The van der Waals surface area contributed by atoms with Crippen molar-refractivity contribution in [1.29, 1.82) is 0 Å². The molecule has 0 radical (unpaired) electrons. The molecular weight excluding hydrogens is 240 g/mol. The third kappa shape index (κ3) is 2.71. The Morgan fingerprint density at radius 3 is 3.00 bits per heavy atom. The van der Waals surface area contributed by atoms with E-state index in [-0.39, 0.29) is 5.56 Å². The summed E-state index contributed by atoms with van der Waals surface area (Å²) in [5, 5.41) is 7.63. The normalized spacial score (nSPS) is 16.4. The molecule has 1 N–H and O–H groups in total. The molecule has 19 heavy (non-hydrogen) atoms. The van der Waals surface area contributed by atoms with Crippen molar-refractivity contribution < 1.29 is 0 Å². The standard InChI is InChI=1S/C14H20N4O/c19-14-13-6-8-16-18(13)11-10-17(14)9-3-7-15-12-4-1-2-5-12/h6,8,10-12,15H,1-5,7,9H2. The maximum atomic E-state index is 12.1. The molecule has 0 aliphatic heterocycles. The molecular formula is C14H20N4O. The molecule has 0 saturated heterocycles. The quantitative estimate of drug-likeness (QED) is 0.827. The summed E-state index contributed by atoms with van der Waals surface area (Å²) in [4.78, 5) is 12.1. The molecule has 1 saturated carbocycles. The van der Waals surface area contributed by atoms with Gasteiger partial charge >= 0.3 is 0 Å². The number of rotatable bonds is 5. The first kappa shape index (κ1) is 12.4. The number of nitrogens with zero attached hydrogens (tertiary/aromatic N) is 3. The van der Waals surface area contributed by atoms with Gasteiger partial charge in [0.05, 0.1) is 6.20 Å². The van der Waals surface area contributed by atoms with Crippen LogP contribution in [-0.4, -0.2) is 26.8 Å². The van der Waals surface area contributed by atoms with E-state index in [0.29, 0.717) is 11.6 Å². The van der Waals surface area contributed by atoms with Crippen molar-refractivity contribution in [3.8, 4) is 0 Å². The van der Waals surface area contributed by atoms with Crippen LogP contribution in [0.3, 0.4) is 0 Å². The lowest BCUT2D eigenvalue weighted by atomic mass is 10.2. The van der Waals surface area contributed by atoms with Crippen LogP contribution in [-0.2, 0) is 6.54 Å². The lowest BCUT2D eigenvalue weighted by Crippen LogP contribution is -2.29. The van der Waals surface area contributed by atoms with Gasteiger partial charge < -0.3 is 9.88 Å². The van der Waals surface area contributed by atoms with E-state index < -0.39 is 0 Å². The van der Waals surface area contributed by atoms with E-state index >= 15 is 0 Å². The molecule has 1 aliphatic rings. The number of aryl methyl sites for hydroxylation is 1. The second-order valence-corrected chi connectivity index (χ2v) is 5.25. The van der Waals surface area contributed by atoms with Crippen molar-refractivity contribution >= 4 is 5.52 Å². The first-order chi connectivity index (χ1) is 9.34. The van der Waals surface area contributed by atoms with Gasteiger partial charge in [-0.25, -0.2) is 4.52 Å². The third-order valence-electron chi connectivity index (χ3n) is 3.90. The molecule has 3 rings (SSSR count). The highest BCUT2D eigenvalue weighted by molar-refractivity contribution is 5.42. The molecule has 1 fully saturated rings. The predicted octanol–water partition coefficient (Wildman–Crippen LogP) is 1.42. The highest BCUT2D eigenvalue weighted by Crippen LogP contribution is 2.17. The molecule has 0 atom stereocenters. The summed E-state index contributed by atoms with van der Waals surface area (Å²) in [6.45, 7) is 1.75. The highest BCUT2D eigenvalue weighted by atomic mass is 16.1. The van der Waals surface area contributed by atoms with Gasteiger partial charge in [0.2, 0.25) is 0 Å². The Morgan fingerprint density at radius 2 is 2.16 bits per heavy atom. The Labute approximate surface area is 112 Å². The van der Waals surface area contributed by atoms with Crippen LogP contribution in [0.2, 0.25) is 0 Å². The second kappa shape index (κ2) is 5.57. The Hall–Kier alpha value is -1.62. The zero-order chi connectivity index (χ0) is 13.1. The Morgan fingerprint density at radius 1 is 1.32 bits per heavy atom. The van der Waals surface area contributed by atoms with E-state index in [9.17, 15) is 4.79 Å². The van der Waals surface area contributed by atoms with Crippen LogP contribution in [0.1, 0.15) is 32.1 Å². The van der Waals surface area contributed by atoms with Gasteiger partial charge in [-0.3, -0.25) is 4.79 Å². The summed E-state index contributed by atoms with van der Waals surface area (Å²) in [6.07, 6.45) is 11.6. The SMILES string of the molecule is O=c1c2ccnn2ccn1CCCNC1CCCC1. The van der Waals surface area contributed by atoms with Gasteiger partial charge in [0.15, 0.2) is 0 Å². The van der Waals surface area contributed by atoms with Crippen LogP contribution in [0, 0.1) is 0 Å². The minimum atomic E-state index is 0.0425. The molecule has 0 bridgehead atoms. The Kier molecular flexibility index (Phi) is 3.64. The fourth-order valence-electron chi connectivity index (χ4n) is 2.82. The third-order valence-corrected chi connectivity index (χ3v) is 3.90. The topological polar surface area (TPSA) is 51.3 Å². The van der Waals surface area contributed by atoms with Gasteiger partial charge in [0.25, 0.3) is 5.56 Å².